The van der Waals surface area contributed by atoms with E-state index in [0.29, 0.717) is 22.9 Å². The number of benzene rings is 1. The van der Waals surface area contributed by atoms with Crippen LogP contribution < -0.4 is 9.47 Å². The molecule has 1 aromatic carbocycles. The fourth-order valence-electron chi connectivity index (χ4n) is 3.13. The topological polar surface area (TPSA) is 76.1 Å². The second-order valence-corrected chi connectivity index (χ2v) is 6.82. The Balaban J connectivity index is 1.87. The van der Waals surface area contributed by atoms with Gasteiger partial charge in [0.05, 0.1) is 25.1 Å². The molecule has 1 aromatic heterocycles. The lowest BCUT2D eigenvalue weighted by molar-refractivity contribution is 0.0701. The van der Waals surface area contributed by atoms with Gasteiger partial charge in [-0.05, 0) is 42.7 Å². The lowest BCUT2D eigenvalue weighted by atomic mass is 10.0. The van der Waals surface area contributed by atoms with Gasteiger partial charge < -0.3 is 19.5 Å². The van der Waals surface area contributed by atoms with Crippen LogP contribution in [0.1, 0.15) is 43.8 Å². The number of methoxy groups -OCH3 is 2. The number of carboxylic acid groups (broad SMARTS) is 1. The van der Waals surface area contributed by atoms with E-state index in [9.17, 15) is 9.59 Å². The summed E-state index contributed by atoms with van der Waals surface area (Å²) in [6.07, 6.45) is 1.76. The molecule has 1 saturated heterocycles. The number of rotatable bonds is 5. The number of amides is 1. The van der Waals surface area contributed by atoms with Gasteiger partial charge in [0.15, 0.2) is 11.5 Å². The van der Waals surface area contributed by atoms with Crippen molar-refractivity contribution in [3.63, 3.8) is 0 Å². The summed E-state index contributed by atoms with van der Waals surface area (Å²) in [6.45, 7) is 0.651. The van der Waals surface area contributed by atoms with E-state index in [1.807, 2.05) is 18.2 Å². The number of carbonyl (C=O) groups is 2. The van der Waals surface area contributed by atoms with Gasteiger partial charge in [-0.3, -0.25) is 4.79 Å². The monoisotopic (exact) mass is 361 g/mol. The summed E-state index contributed by atoms with van der Waals surface area (Å²) in [5, 5.41) is 9.04. The van der Waals surface area contributed by atoms with Crippen molar-refractivity contribution in [2.75, 3.05) is 20.8 Å². The summed E-state index contributed by atoms with van der Waals surface area (Å²) >= 11 is 1.01. The largest absolute Gasteiger partial charge is 0.493 e. The van der Waals surface area contributed by atoms with Gasteiger partial charge in [-0.1, -0.05) is 6.07 Å². The molecule has 2 aromatic rings. The van der Waals surface area contributed by atoms with E-state index in [0.717, 1.165) is 29.7 Å². The minimum absolute atomic E-state index is 0.0531. The first-order valence-corrected chi connectivity index (χ1v) is 8.73. The van der Waals surface area contributed by atoms with Crippen LogP contribution in [0.2, 0.25) is 0 Å². The number of thiophene rings is 1. The Morgan fingerprint density at radius 3 is 2.48 bits per heavy atom. The minimum atomic E-state index is -1.01. The zero-order valence-corrected chi connectivity index (χ0v) is 14.8. The second-order valence-electron chi connectivity index (χ2n) is 5.74. The molecule has 0 spiro atoms. The van der Waals surface area contributed by atoms with E-state index in [2.05, 4.69) is 0 Å². The molecular formula is C18H19NO5S. The van der Waals surface area contributed by atoms with Crippen LogP contribution in [0.25, 0.3) is 0 Å². The normalized spacial score (nSPS) is 16.7. The highest BCUT2D eigenvalue weighted by molar-refractivity contribution is 7.15. The molecule has 1 amide bonds. The van der Waals surface area contributed by atoms with Crippen molar-refractivity contribution in [2.24, 2.45) is 0 Å². The Morgan fingerprint density at radius 2 is 1.84 bits per heavy atom. The number of aromatic carboxylic acids is 1. The predicted molar refractivity (Wildman–Crippen MR) is 93.8 cm³/mol. The highest BCUT2D eigenvalue weighted by Crippen LogP contribution is 2.38. The molecule has 1 aliphatic rings. The van der Waals surface area contributed by atoms with Crippen molar-refractivity contribution in [3.05, 3.63) is 45.6 Å². The Bertz CT molecular complexity index is 801. The van der Waals surface area contributed by atoms with Gasteiger partial charge in [0.1, 0.15) is 4.88 Å². The Hall–Kier alpha value is -2.54. The van der Waals surface area contributed by atoms with Crippen molar-refractivity contribution in [1.82, 2.24) is 4.90 Å². The third kappa shape index (κ3) is 3.32. The summed E-state index contributed by atoms with van der Waals surface area (Å²) < 4.78 is 10.6. The third-order valence-corrected chi connectivity index (χ3v) is 5.39. The number of ether oxygens (including phenoxy) is 2. The molecule has 0 radical (unpaired) electrons. The van der Waals surface area contributed by atoms with Crippen molar-refractivity contribution in [3.8, 4) is 11.5 Å². The lowest BCUT2D eigenvalue weighted by Crippen LogP contribution is -2.30. The van der Waals surface area contributed by atoms with Crippen LogP contribution in [0.5, 0.6) is 11.5 Å². The van der Waals surface area contributed by atoms with Crippen LogP contribution in [-0.2, 0) is 0 Å². The number of likely N-dealkylation sites (tertiary alicyclic amines) is 1. The summed E-state index contributed by atoms with van der Waals surface area (Å²) in [6, 6.07) is 8.68. The quantitative estimate of drug-likeness (QED) is 0.883. The number of hydrogen-bond donors (Lipinski definition) is 1. The van der Waals surface area contributed by atoms with E-state index in [-0.39, 0.29) is 16.8 Å². The van der Waals surface area contributed by atoms with Crippen LogP contribution in [0, 0.1) is 0 Å². The van der Waals surface area contributed by atoms with Gasteiger partial charge in [-0.2, -0.15) is 0 Å². The number of carboxylic acids is 1. The van der Waals surface area contributed by atoms with Gasteiger partial charge in [-0.15, -0.1) is 11.3 Å². The Kier molecular flexibility index (Phi) is 4.94. The van der Waals surface area contributed by atoms with E-state index in [4.69, 9.17) is 14.6 Å². The number of hydrogen-bond acceptors (Lipinski definition) is 5. The number of carbonyl (C=O) groups excluding carboxylic acids is 1. The number of nitrogens with zero attached hydrogens (tertiary/aromatic N) is 1. The molecule has 1 N–H and O–H groups in total. The van der Waals surface area contributed by atoms with E-state index in [1.54, 1.807) is 25.2 Å². The van der Waals surface area contributed by atoms with Crippen molar-refractivity contribution >= 4 is 23.2 Å². The molecule has 7 heteroatoms. The van der Waals surface area contributed by atoms with Crippen molar-refractivity contribution in [2.45, 2.75) is 18.9 Å². The highest BCUT2D eigenvalue weighted by Gasteiger charge is 2.32. The van der Waals surface area contributed by atoms with Gasteiger partial charge in [0, 0.05) is 6.54 Å². The van der Waals surface area contributed by atoms with Gasteiger partial charge >= 0.3 is 5.97 Å². The second kappa shape index (κ2) is 7.14. The Labute approximate surface area is 149 Å². The summed E-state index contributed by atoms with van der Waals surface area (Å²) in [5.74, 6) is 0.131. The van der Waals surface area contributed by atoms with Crippen LogP contribution in [0.3, 0.4) is 0 Å². The van der Waals surface area contributed by atoms with E-state index in [1.165, 1.54) is 6.07 Å². The molecule has 0 aliphatic carbocycles. The molecule has 6 nitrogen and oxygen atoms in total. The van der Waals surface area contributed by atoms with Crippen LogP contribution in [0.4, 0.5) is 0 Å². The molecule has 1 atom stereocenters. The van der Waals surface area contributed by atoms with Crippen molar-refractivity contribution < 1.29 is 24.2 Å². The molecular weight excluding hydrogens is 342 g/mol. The van der Waals surface area contributed by atoms with Gasteiger partial charge in [-0.25, -0.2) is 4.79 Å². The zero-order chi connectivity index (χ0) is 18.0. The smallest absolute Gasteiger partial charge is 0.345 e. The molecule has 0 saturated carbocycles. The third-order valence-electron chi connectivity index (χ3n) is 4.33. The summed E-state index contributed by atoms with van der Waals surface area (Å²) in [4.78, 5) is 26.3. The first-order chi connectivity index (χ1) is 12.0. The molecule has 0 unspecified atom stereocenters. The minimum Gasteiger partial charge on any atom is -0.493 e. The first-order valence-electron chi connectivity index (χ1n) is 7.91. The Morgan fingerprint density at radius 1 is 1.12 bits per heavy atom. The van der Waals surface area contributed by atoms with E-state index < -0.39 is 5.97 Å². The first kappa shape index (κ1) is 17.3. The average Bonchev–Trinajstić information content (AvgIpc) is 3.30. The standard InChI is InChI=1S/C18H19NO5S/c1-23-13-6-5-11(10-14(13)24-2)12-4-3-9-19(12)17(20)15-7-8-16(25-15)18(21)22/h5-8,10,12H,3-4,9H2,1-2H3,(H,21,22)/t12-/m0/s1. The lowest BCUT2D eigenvalue weighted by Gasteiger charge is -2.25. The summed E-state index contributed by atoms with van der Waals surface area (Å²) in [7, 11) is 3.16. The SMILES string of the molecule is COc1ccc([C@@H]2CCCN2C(=O)c2ccc(C(=O)O)s2)cc1OC. The van der Waals surface area contributed by atoms with Gasteiger partial charge in [0.25, 0.3) is 5.91 Å². The fraction of sp³-hybridized carbons (Fsp3) is 0.333. The fourth-order valence-corrected chi connectivity index (χ4v) is 3.93. The highest BCUT2D eigenvalue weighted by atomic mass is 32.1. The molecule has 3 rings (SSSR count). The zero-order valence-electron chi connectivity index (χ0n) is 14.0. The average molecular weight is 361 g/mol. The van der Waals surface area contributed by atoms with E-state index >= 15 is 0 Å². The molecule has 25 heavy (non-hydrogen) atoms. The van der Waals surface area contributed by atoms with Crippen LogP contribution >= 0.6 is 11.3 Å². The maximum atomic E-state index is 12.8. The molecule has 1 fully saturated rings. The van der Waals surface area contributed by atoms with Crippen LogP contribution in [0.15, 0.2) is 30.3 Å². The maximum Gasteiger partial charge on any atom is 0.345 e. The molecule has 0 bridgehead atoms. The van der Waals surface area contributed by atoms with Gasteiger partial charge in [0.2, 0.25) is 0 Å². The van der Waals surface area contributed by atoms with Crippen LogP contribution in [-0.4, -0.2) is 42.6 Å². The molecule has 132 valence electrons. The predicted octanol–water partition coefficient (Wildman–Crippen LogP) is 3.44. The maximum absolute atomic E-state index is 12.8. The summed E-state index contributed by atoms with van der Waals surface area (Å²) in [5.41, 5.74) is 0.985. The molecule has 2 heterocycles. The van der Waals surface area contributed by atoms with Crippen molar-refractivity contribution in [1.29, 1.82) is 0 Å². The molecule has 1 aliphatic heterocycles.